The lowest BCUT2D eigenvalue weighted by atomic mass is 10.2. The molecule has 0 radical (unpaired) electrons. The zero-order valence-electron chi connectivity index (χ0n) is 11.0. The average molecular weight is 280 g/mol. The second-order valence-electron chi connectivity index (χ2n) is 4.12. The molecule has 0 aliphatic carbocycles. The Morgan fingerprint density at radius 3 is 2.95 bits per heavy atom. The first-order valence-electron chi connectivity index (χ1n) is 6.36. The number of amides is 1. The van der Waals surface area contributed by atoms with Crippen LogP contribution in [0.3, 0.4) is 0 Å². The third-order valence-corrected chi connectivity index (χ3v) is 2.80. The lowest BCUT2D eigenvalue weighted by molar-refractivity contribution is -0.116. The Bertz CT molecular complexity index is 489. The van der Waals surface area contributed by atoms with Crippen molar-refractivity contribution in [2.75, 3.05) is 11.9 Å². The topological polar surface area (TPSA) is 49.3 Å². The Hall–Kier alpha value is -1.50. The fourth-order valence-electron chi connectivity index (χ4n) is 1.47. The molecule has 2 N–H and O–H groups in total. The van der Waals surface area contributed by atoms with Gasteiger partial charge in [0.15, 0.2) is 0 Å². The summed E-state index contributed by atoms with van der Waals surface area (Å²) in [5.74, 6) is 5.70. The van der Waals surface area contributed by atoms with Gasteiger partial charge in [0, 0.05) is 18.4 Å². The number of carbonyl (C=O) groups is 1. The molecule has 0 aliphatic heterocycles. The Morgan fingerprint density at radius 1 is 1.47 bits per heavy atom. The van der Waals surface area contributed by atoms with Gasteiger partial charge in [-0.2, -0.15) is 0 Å². The van der Waals surface area contributed by atoms with Crippen molar-refractivity contribution in [3.05, 3.63) is 28.8 Å². The van der Waals surface area contributed by atoms with Gasteiger partial charge in [0.25, 0.3) is 0 Å². The quantitative estimate of drug-likeness (QED) is 0.813. The van der Waals surface area contributed by atoms with E-state index in [1.807, 2.05) is 6.92 Å². The molecule has 1 aromatic carbocycles. The molecule has 0 spiro atoms. The van der Waals surface area contributed by atoms with E-state index in [2.05, 4.69) is 17.2 Å². The summed E-state index contributed by atoms with van der Waals surface area (Å²) in [6, 6.07) is 5.24. The number of aliphatic hydroxyl groups is 1. The van der Waals surface area contributed by atoms with Crippen LogP contribution in [-0.4, -0.2) is 17.6 Å². The molecule has 1 rings (SSSR count). The highest BCUT2D eigenvalue weighted by molar-refractivity contribution is 6.33. The van der Waals surface area contributed by atoms with E-state index in [4.69, 9.17) is 16.7 Å². The number of hydrogen-bond donors (Lipinski definition) is 2. The van der Waals surface area contributed by atoms with Gasteiger partial charge in [0.1, 0.15) is 0 Å². The second-order valence-corrected chi connectivity index (χ2v) is 4.53. The third-order valence-electron chi connectivity index (χ3n) is 2.47. The summed E-state index contributed by atoms with van der Waals surface area (Å²) in [6.07, 6.45) is 2.77. The molecule has 1 aromatic rings. The summed E-state index contributed by atoms with van der Waals surface area (Å²) in [6.45, 7) is 2.08. The van der Waals surface area contributed by atoms with E-state index in [1.165, 1.54) is 0 Å². The normalized spacial score (nSPS) is 9.63. The first-order chi connectivity index (χ1) is 9.17. The minimum absolute atomic E-state index is 0.0378. The van der Waals surface area contributed by atoms with Crippen LogP contribution in [0.25, 0.3) is 0 Å². The number of anilines is 1. The standard InChI is InChI=1S/C15H18ClNO2/c1-2-3-7-15(19)17-14-11-12(6-4-5-10-18)8-9-13(14)16/h8-9,11,18H,2-3,5,7,10H2,1H3,(H,17,19). The minimum atomic E-state index is -0.0378. The van der Waals surface area contributed by atoms with E-state index in [0.29, 0.717) is 23.6 Å². The summed E-state index contributed by atoms with van der Waals surface area (Å²) in [4.78, 5) is 11.7. The number of halogens is 1. The van der Waals surface area contributed by atoms with Crippen molar-refractivity contribution < 1.29 is 9.90 Å². The van der Waals surface area contributed by atoms with Gasteiger partial charge in [-0.1, -0.05) is 36.8 Å². The smallest absolute Gasteiger partial charge is 0.224 e. The second kappa shape index (κ2) is 8.58. The van der Waals surface area contributed by atoms with E-state index < -0.39 is 0 Å². The lowest BCUT2D eigenvalue weighted by Crippen LogP contribution is -2.11. The van der Waals surface area contributed by atoms with Crippen LogP contribution < -0.4 is 5.32 Å². The fraction of sp³-hybridized carbons (Fsp3) is 0.400. The molecule has 102 valence electrons. The van der Waals surface area contributed by atoms with E-state index >= 15 is 0 Å². The molecule has 0 fully saturated rings. The van der Waals surface area contributed by atoms with E-state index in [9.17, 15) is 4.79 Å². The minimum Gasteiger partial charge on any atom is -0.395 e. The highest BCUT2D eigenvalue weighted by Crippen LogP contribution is 2.23. The summed E-state index contributed by atoms with van der Waals surface area (Å²) >= 11 is 6.03. The maximum Gasteiger partial charge on any atom is 0.224 e. The van der Waals surface area contributed by atoms with Crippen LogP contribution in [-0.2, 0) is 4.79 Å². The van der Waals surface area contributed by atoms with Crippen molar-refractivity contribution in [1.29, 1.82) is 0 Å². The maximum atomic E-state index is 11.7. The van der Waals surface area contributed by atoms with Gasteiger partial charge in [-0.25, -0.2) is 0 Å². The molecule has 0 aromatic heterocycles. The van der Waals surface area contributed by atoms with Crippen LogP contribution in [0.15, 0.2) is 18.2 Å². The van der Waals surface area contributed by atoms with Crippen molar-refractivity contribution >= 4 is 23.2 Å². The predicted molar refractivity (Wildman–Crippen MR) is 78.2 cm³/mol. The number of aliphatic hydroxyl groups excluding tert-OH is 1. The Balaban J connectivity index is 2.75. The summed E-state index contributed by atoms with van der Waals surface area (Å²) in [5, 5.41) is 11.9. The van der Waals surface area contributed by atoms with Crippen molar-refractivity contribution in [2.45, 2.75) is 32.6 Å². The summed E-state index contributed by atoms with van der Waals surface area (Å²) in [5.41, 5.74) is 1.35. The van der Waals surface area contributed by atoms with Crippen LogP contribution >= 0.6 is 11.6 Å². The number of carbonyl (C=O) groups excluding carboxylic acids is 1. The van der Waals surface area contributed by atoms with Gasteiger partial charge >= 0.3 is 0 Å². The lowest BCUT2D eigenvalue weighted by Gasteiger charge is -2.07. The van der Waals surface area contributed by atoms with Gasteiger partial charge in [-0.3, -0.25) is 4.79 Å². The largest absolute Gasteiger partial charge is 0.395 e. The van der Waals surface area contributed by atoms with Crippen molar-refractivity contribution in [3.63, 3.8) is 0 Å². The van der Waals surface area contributed by atoms with Crippen molar-refractivity contribution in [3.8, 4) is 11.8 Å². The molecule has 0 saturated heterocycles. The number of rotatable bonds is 5. The van der Waals surface area contributed by atoms with Crippen LogP contribution in [0.1, 0.15) is 38.2 Å². The molecular formula is C15H18ClNO2. The zero-order chi connectivity index (χ0) is 14.1. The van der Waals surface area contributed by atoms with E-state index in [1.54, 1.807) is 18.2 Å². The first-order valence-corrected chi connectivity index (χ1v) is 6.74. The molecule has 0 unspecified atom stereocenters. The molecule has 0 heterocycles. The first kappa shape index (κ1) is 15.6. The molecule has 0 aliphatic rings. The van der Waals surface area contributed by atoms with Crippen molar-refractivity contribution in [2.24, 2.45) is 0 Å². The molecule has 0 atom stereocenters. The number of unbranched alkanes of at least 4 members (excludes halogenated alkanes) is 1. The number of nitrogens with one attached hydrogen (secondary N) is 1. The van der Waals surface area contributed by atoms with Crippen LogP contribution in [0.5, 0.6) is 0 Å². The molecule has 0 saturated carbocycles. The zero-order valence-corrected chi connectivity index (χ0v) is 11.8. The predicted octanol–water partition coefficient (Wildman–Crippen LogP) is 3.20. The molecular weight excluding hydrogens is 262 g/mol. The number of benzene rings is 1. The van der Waals surface area contributed by atoms with Gasteiger partial charge in [0.2, 0.25) is 5.91 Å². The SMILES string of the molecule is CCCCC(=O)Nc1cc(C#CCCO)ccc1Cl. The van der Waals surface area contributed by atoms with Crippen LogP contribution in [0.2, 0.25) is 5.02 Å². The Labute approximate surface area is 119 Å². The monoisotopic (exact) mass is 279 g/mol. The molecule has 0 bridgehead atoms. The highest BCUT2D eigenvalue weighted by atomic mass is 35.5. The van der Waals surface area contributed by atoms with Gasteiger partial charge in [0.05, 0.1) is 17.3 Å². The van der Waals surface area contributed by atoms with Crippen LogP contribution in [0.4, 0.5) is 5.69 Å². The molecule has 1 amide bonds. The molecule has 3 nitrogen and oxygen atoms in total. The van der Waals surface area contributed by atoms with Gasteiger partial charge in [-0.05, 0) is 24.6 Å². The average Bonchev–Trinajstić information content (AvgIpc) is 2.40. The van der Waals surface area contributed by atoms with E-state index in [0.717, 1.165) is 18.4 Å². The van der Waals surface area contributed by atoms with Crippen LogP contribution in [0, 0.1) is 11.8 Å². The molecule has 4 heteroatoms. The number of hydrogen-bond acceptors (Lipinski definition) is 2. The fourth-order valence-corrected chi connectivity index (χ4v) is 1.63. The highest BCUT2D eigenvalue weighted by Gasteiger charge is 2.05. The van der Waals surface area contributed by atoms with Gasteiger partial charge < -0.3 is 10.4 Å². The van der Waals surface area contributed by atoms with Gasteiger partial charge in [-0.15, -0.1) is 0 Å². The Kier molecular flexibility index (Phi) is 7.02. The van der Waals surface area contributed by atoms with E-state index in [-0.39, 0.29) is 12.5 Å². The molecule has 19 heavy (non-hydrogen) atoms. The maximum absolute atomic E-state index is 11.7. The summed E-state index contributed by atoms with van der Waals surface area (Å²) < 4.78 is 0. The summed E-state index contributed by atoms with van der Waals surface area (Å²) in [7, 11) is 0. The Morgan fingerprint density at radius 2 is 2.26 bits per heavy atom. The third kappa shape index (κ3) is 5.78. The van der Waals surface area contributed by atoms with Crippen molar-refractivity contribution in [1.82, 2.24) is 0 Å².